The lowest BCUT2D eigenvalue weighted by Gasteiger charge is -2.31. The van der Waals surface area contributed by atoms with E-state index in [0.29, 0.717) is 10.1 Å². The van der Waals surface area contributed by atoms with Gasteiger partial charge in [-0.1, -0.05) is 25.8 Å². The van der Waals surface area contributed by atoms with Gasteiger partial charge in [-0.25, -0.2) is 0 Å². The summed E-state index contributed by atoms with van der Waals surface area (Å²) >= 11 is 3.30. The Morgan fingerprint density at radius 1 is 1.38 bits per heavy atom. The molecule has 21 heavy (non-hydrogen) atoms. The van der Waals surface area contributed by atoms with E-state index in [4.69, 9.17) is 0 Å². The molecule has 1 aliphatic carbocycles. The summed E-state index contributed by atoms with van der Waals surface area (Å²) in [6.45, 7) is 2.20. The largest absolute Gasteiger partial charge is 0.351 e. The third-order valence-corrected chi connectivity index (χ3v) is 5.78. The molecule has 1 aromatic rings. The SMILES string of the molecule is CCS[C@@H]1CCCC[C@@H]1NC(=O)CNC(=O)c1cccs1. The minimum atomic E-state index is -0.178. The smallest absolute Gasteiger partial charge is 0.261 e. The lowest BCUT2D eigenvalue weighted by molar-refractivity contribution is -0.121. The van der Waals surface area contributed by atoms with E-state index in [1.807, 2.05) is 23.2 Å². The van der Waals surface area contributed by atoms with E-state index in [2.05, 4.69) is 17.6 Å². The van der Waals surface area contributed by atoms with Crippen LogP contribution >= 0.6 is 23.1 Å². The Bertz CT molecular complexity index is 460. The summed E-state index contributed by atoms with van der Waals surface area (Å²) in [7, 11) is 0. The number of nitrogens with one attached hydrogen (secondary N) is 2. The minimum absolute atomic E-state index is 0.0523. The van der Waals surface area contributed by atoms with Crippen molar-refractivity contribution in [3.05, 3.63) is 22.4 Å². The molecule has 0 saturated heterocycles. The van der Waals surface area contributed by atoms with Crippen molar-refractivity contribution in [1.29, 1.82) is 0 Å². The first-order valence-corrected chi connectivity index (χ1v) is 9.36. The van der Waals surface area contributed by atoms with Gasteiger partial charge in [0.1, 0.15) is 0 Å². The number of rotatable bonds is 6. The molecule has 116 valence electrons. The Balaban J connectivity index is 1.76. The second-order valence-corrected chi connectivity index (χ2v) is 7.58. The molecule has 2 amide bonds. The number of hydrogen-bond acceptors (Lipinski definition) is 4. The highest BCUT2D eigenvalue weighted by molar-refractivity contribution is 7.99. The maximum absolute atomic E-state index is 12.0. The van der Waals surface area contributed by atoms with E-state index in [-0.39, 0.29) is 24.4 Å². The van der Waals surface area contributed by atoms with E-state index in [1.54, 1.807) is 6.07 Å². The molecular weight excluding hydrogens is 304 g/mol. The summed E-state index contributed by atoms with van der Waals surface area (Å²) in [6.07, 6.45) is 4.64. The molecule has 1 fully saturated rings. The van der Waals surface area contributed by atoms with Crippen LogP contribution in [0.25, 0.3) is 0 Å². The average Bonchev–Trinajstić information content (AvgIpc) is 3.01. The third kappa shape index (κ3) is 5.04. The molecule has 1 aliphatic rings. The molecule has 2 rings (SSSR count). The van der Waals surface area contributed by atoms with Crippen molar-refractivity contribution < 1.29 is 9.59 Å². The fourth-order valence-electron chi connectivity index (χ4n) is 2.59. The average molecular weight is 326 g/mol. The number of thiophene rings is 1. The number of hydrogen-bond donors (Lipinski definition) is 2. The zero-order valence-electron chi connectivity index (χ0n) is 12.3. The number of thioether (sulfide) groups is 1. The molecular formula is C15H22N2O2S2. The minimum Gasteiger partial charge on any atom is -0.351 e. The fourth-order valence-corrected chi connectivity index (χ4v) is 4.43. The van der Waals surface area contributed by atoms with Crippen molar-refractivity contribution in [2.45, 2.75) is 43.9 Å². The monoisotopic (exact) mass is 326 g/mol. The van der Waals surface area contributed by atoms with Gasteiger partial charge in [-0.2, -0.15) is 11.8 Å². The molecule has 1 saturated carbocycles. The summed E-state index contributed by atoms with van der Waals surface area (Å²) in [5.74, 6) is 0.809. The Morgan fingerprint density at radius 3 is 2.90 bits per heavy atom. The highest BCUT2D eigenvalue weighted by atomic mass is 32.2. The summed E-state index contributed by atoms with van der Waals surface area (Å²) in [6, 6.07) is 3.83. The third-order valence-electron chi connectivity index (χ3n) is 3.58. The fraction of sp³-hybridized carbons (Fsp3) is 0.600. The summed E-state index contributed by atoms with van der Waals surface area (Å²) in [5, 5.41) is 8.12. The van der Waals surface area contributed by atoms with Gasteiger partial charge in [-0.15, -0.1) is 11.3 Å². The molecule has 2 atom stereocenters. The van der Waals surface area contributed by atoms with E-state index in [0.717, 1.165) is 12.2 Å². The summed E-state index contributed by atoms with van der Waals surface area (Å²) < 4.78 is 0. The van der Waals surface area contributed by atoms with Crippen LogP contribution in [-0.2, 0) is 4.79 Å². The van der Waals surface area contributed by atoms with Gasteiger partial charge in [0.2, 0.25) is 5.91 Å². The molecule has 0 radical (unpaired) electrons. The zero-order valence-corrected chi connectivity index (χ0v) is 13.9. The van der Waals surface area contributed by atoms with Crippen molar-refractivity contribution in [2.75, 3.05) is 12.3 Å². The lowest BCUT2D eigenvalue weighted by atomic mass is 9.95. The van der Waals surface area contributed by atoms with Crippen LogP contribution < -0.4 is 10.6 Å². The van der Waals surface area contributed by atoms with E-state index in [9.17, 15) is 9.59 Å². The number of carbonyl (C=O) groups is 2. The quantitative estimate of drug-likeness (QED) is 0.845. The van der Waals surface area contributed by atoms with Crippen LogP contribution in [0.3, 0.4) is 0 Å². The van der Waals surface area contributed by atoms with Gasteiger partial charge in [-0.05, 0) is 30.0 Å². The first-order valence-electron chi connectivity index (χ1n) is 7.43. The van der Waals surface area contributed by atoms with Gasteiger partial charge in [0.25, 0.3) is 5.91 Å². The molecule has 1 heterocycles. The van der Waals surface area contributed by atoms with Gasteiger partial charge in [0.05, 0.1) is 11.4 Å². The lowest BCUT2D eigenvalue weighted by Crippen LogP contribution is -2.47. The molecule has 0 bridgehead atoms. The van der Waals surface area contributed by atoms with Crippen LogP contribution in [0.4, 0.5) is 0 Å². The Hall–Kier alpha value is -1.01. The molecule has 0 unspecified atom stereocenters. The predicted molar refractivity (Wildman–Crippen MR) is 89.0 cm³/mol. The van der Waals surface area contributed by atoms with Crippen LogP contribution in [0.1, 0.15) is 42.3 Å². The van der Waals surface area contributed by atoms with Gasteiger partial charge < -0.3 is 10.6 Å². The Morgan fingerprint density at radius 2 is 2.19 bits per heavy atom. The van der Waals surface area contributed by atoms with Crippen molar-refractivity contribution >= 4 is 34.9 Å². The standard InChI is InChI=1S/C15H22N2O2S2/c1-2-20-12-7-4-3-6-11(12)17-14(18)10-16-15(19)13-8-5-9-21-13/h5,8-9,11-12H,2-4,6-7,10H2,1H3,(H,16,19)(H,17,18)/t11-,12+/m0/s1. The van der Waals surface area contributed by atoms with Gasteiger partial charge in [0, 0.05) is 11.3 Å². The van der Waals surface area contributed by atoms with Gasteiger partial charge in [0.15, 0.2) is 0 Å². The van der Waals surface area contributed by atoms with Crippen molar-refractivity contribution in [3.8, 4) is 0 Å². The summed E-state index contributed by atoms with van der Waals surface area (Å²) in [5.41, 5.74) is 0. The maximum atomic E-state index is 12.0. The van der Waals surface area contributed by atoms with Gasteiger partial charge >= 0.3 is 0 Å². The Kier molecular flexibility index (Phi) is 6.57. The molecule has 4 nitrogen and oxygen atoms in total. The zero-order chi connectivity index (χ0) is 15.1. The van der Waals surface area contributed by atoms with Crippen LogP contribution in [0, 0.1) is 0 Å². The van der Waals surface area contributed by atoms with Gasteiger partial charge in [-0.3, -0.25) is 9.59 Å². The molecule has 1 aromatic heterocycles. The first kappa shape index (κ1) is 16.4. The van der Waals surface area contributed by atoms with Crippen LogP contribution in [0.5, 0.6) is 0 Å². The van der Waals surface area contributed by atoms with Crippen molar-refractivity contribution in [1.82, 2.24) is 10.6 Å². The van der Waals surface area contributed by atoms with E-state index >= 15 is 0 Å². The second-order valence-electron chi connectivity index (χ2n) is 5.11. The predicted octanol–water partition coefficient (Wildman–Crippen LogP) is 2.66. The molecule has 0 spiro atoms. The highest BCUT2D eigenvalue weighted by Gasteiger charge is 2.26. The number of amides is 2. The van der Waals surface area contributed by atoms with Crippen LogP contribution in [0.2, 0.25) is 0 Å². The Labute approximate surface area is 134 Å². The second kappa shape index (κ2) is 8.44. The molecule has 0 aromatic carbocycles. The van der Waals surface area contributed by atoms with Crippen molar-refractivity contribution in [2.24, 2.45) is 0 Å². The number of carbonyl (C=O) groups excluding carboxylic acids is 2. The molecule has 0 aliphatic heterocycles. The molecule has 2 N–H and O–H groups in total. The summed E-state index contributed by atoms with van der Waals surface area (Å²) in [4.78, 5) is 24.4. The highest BCUT2D eigenvalue weighted by Crippen LogP contribution is 2.28. The normalized spacial score (nSPS) is 21.8. The van der Waals surface area contributed by atoms with Crippen molar-refractivity contribution in [3.63, 3.8) is 0 Å². The first-order chi connectivity index (χ1) is 10.2. The topological polar surface area (TPSA) is 58.2 Å². The van der Waals surface area contributed by atoms with E-state index in [1.165, 1.54) is 30.6 Å². The maximum Gasteiger partial charge on any atom is 0.261 e. The van der Waals surface area contributed by atoms with Crippen LogP contribution in [-0.4, -0.2) is 35.4 Å². The molecule has 6 heteroatoms. The van der Waals surface area contributed by atoms with E-state index < -0.39 is 0 Å². The van der Waals surface area contributed by atoms with Crippen LogP contribution in [0.15, 0.2) is 17.5 Å².